The number of imide groups is 1. The average molecular weight is 427 g/mol. The molecule has 3 aromatic rings. The molecule has 2 heterocycles. The fourth-order valence-electron chi connectivity index (χ4n) is 4.08. The SMILES string of the molecule is C=CN(C=CC)CCCn1cc(C2C(=O)NC(=O)C2=Nc2ccccc2)c2ccccc21. The minimum Gasteiger partial charge on any atom is -0.355 e. The highest BCUT2D eigenvalue weighted by Gasteiger charge is 2.40. The number of hydrogen-bond donors (Lipinski definition) is 1. The predicted octanol–water partition coefficient (Wildman–Crippen LogP) is 4.52. The molecule has 6 heteroatoms. The Morgan fingerprint density at radius 2 is 1.88 bits per heavy atom. The van der Waals surface area contributed by atoms with Gasteiger partial charge in [-0.15, -0.1) is 0 Å². The third-order valence-electron chi connectivity index (χ3n) is 5.53. The lowest BCUT2D eigenvalue weighted by atomic mass is 9.95. The summed E-state index contributed by atoms with van der Waals surface area (Å²) in [6.07, 6.45) is 8.66. The van der Waals surface area contributed by atoms with E-state index >= 15 is 0 Å². The van der Waals surface area contributed by atoms with Gasteiger partial charge >= 0.3 is 0 Å². The molecule has 1 fully saturated rings. The smallest absolute Gasteiger partial charge is 0.273 e. The zero-order chi connectivity index (χ0) is 22.5. The second-order valence-corrected chi connectivity index (χ2v) is 7.64. The van der Waals surface area contributed by atoms with Crippen LogP contribution in [-0.4, -0.2) is 33.5 Å². The average Bonchev–Trinajstić information content (AvgIpc) is 3.30. The minimum atomic E-state index is -0.735. The number of aromatic nitrogens is 1. The number of para-hydroxylation sites is 2. The van der Waals surface area contributed by atoms with Gasteiger partial charge in [0.1, 0.15) is 11.6 Å². The summed E-state index contributed by atoms with van der Waals surface area (Å²) >= 11 is 0. The molecule has 0 bridgehead atoms. The number of rotatable bonds is 8. The molecule has 2 aromatic carbocycles. The second kappa shape index (κ2) is 9.47. The van der Waals surface area contributed by atoms with Crippen LogP contribution in [0.4, 0.5) is 5.69 Å². The van der Waals surface area contributed by atoms with Gasteiger partial charge in [0.05, 0.1) is 5.69 Å². The predicted molar refractivity (Wildman–Crippen MR) is 128 cm³/mol. The first kappa shape index (κ1) is 21.3. The van der Waals surface area contributed by atoms with Crippen molar-refractivity contribution in [3.63, 3.8) is 0 Å². The molecule has 1 aliphatic heterocycles. The van der Waals surface area contributed by atoms with Gasteiger partial charge < -0.3 is 9.47 Å². The normalized spacial score (nSPS) is 17.4. The number of benzene rings is 2. The highest BCUT2D eigenvalue weighted by atomic mass is 16.2. The molecule has 1 saturated heterocycles. The summed E-state index contributed by atoms with van der Waals surface area (Å²) in [6.45, 7) is 7.43. The number of nitrogens with one attached hydrogen (secondary N) is 1. The number of hydrogen-bond acceptors (Lipinski definition) is 4. The number of aryl methyl sites for hydroxylation is 1. The van der Waals surface area contributed by atoms with Crippen molar-refractivity contribution in [2.45, 2.75) is 25.8 Å². The van der Waals surface area contributed by atoms with E-state index in [1.165, 1.54) is 0 Å². The maximum absolute atomic E-state index is 12.8. The Kier molecular flexibility index (Phi) is 6.31. The number of carbonyl (C=O) groups excluding carboxylic acids is 2. The van der Waals surface area contributed by atoms with Gasteiger partial charge in [0, 0.05) is 30.2 Å². The van der Waals surface area contributed by atoms with Crippen LogP contribution in [0, 0.1) is 0 Å². The minimum absolute atomic E-state index is 0.231. The Balaban J connectivity index is 1.69. The first-order chi connectivity index (χ1) is 15.6. The topological polar surface area (TPSA) is 66.7 Å². The Morgan fingerprint density at radius 1 is 1.12 bits per heavy atom. The van der Waals surface area contributed by atoms with Gasteiger partial charge in [-0.25, -0.2) is 4.99 Å². The summed E-state index contributed by atoms with van der Waals surface area (Å²) < 4.78 is 2.15. The van der Waals surface area contributed by atoms with Crippen molar-refractivity contribution < 1.29 is 9.59 Å². The van der Waals surface area contributed by atoms with Crippen LogP contribution in [0.25, 0.3) is 10.9 Å². The van der Waals surface area contributed by atoms with E-state index < -0.39 is 11.8 Å². The molecule has 1 atom stereocenters. The first-order valence-electron chi connectivity index (χ1n) is 10.7. The Labute approximate surface area is 187 Å². The lowest BCUT2D eigenvalue weighted by Gasteiger charge is -2.15. The van der Waals surface area contributed by atoms with E-state index in [-0.39, 0.29) is 11.6 Å². The number of nitrogens with zero attached hydrogens (tertiary/aromatic N) is 3. The summed E-state index contributed by atoms with van der Waals surface area (Å²) in [5.41, 5.74) is 2.71. The molecule has 2 amide bonds. The molecule has 1 aliphatic rings. The molecule has 4 rings (SSSR count). The van der Waals surface area contributed by atoms with Crippen LogP contribution in [0.5, 0.6) is 0 Å². The van der Waals surface area contributed by atoms with E-state index in [0.717, 1.165) is 36.0 Å². The van der Waals surface area contributed by atoms with Crippen LogP contribution in [-0.2, 0) is 16.1 Å². The fraction of sp³-hybridized carbons (Fsp3) is 0.192. The number of allylic oxidation sites excluding steroid dienone is 1. The quantitative estimate of drug-likeness (QED) is 0.539. The van der Waals surface area contributed by atoms with Crippen LogP contribution in [0.2, 0.25) is 0 Å². The van der Waals surface area contributed by atoms with Gasteiger partial charge in [0.25, 0.3) is 5.91 Å². The summed E-state index contributed by atoms with van der Waals surface area (Å²) in [7, 11) is 0. The van der Waals surface area contributed by atoms with E-state index in [1.807, 2.05) is 84.9 Å². The van der Waals surface area contributed by atoms with Crippen molar-refractivity contribution in [2.75, 3.05) is 6.54 Å². The molecule has 1 aromatic heterocycles. The van der Waals surface area contributed by atoms with Gasteiger partial charge in [-0.05, 0) is 49.5 Å². The highest BCUT2D eigenvalue weighted by Crippen LogP contribution is 2.32. The molecule has 6 nitrogen and oxygen atoms in total. The van der Waals surface area contributed by atoms with Gasteiger partial charge in [-0.2, -0.15) is 0 Å². The van der Waals surface area contributed by atoms with E-state index in [4.69, 9.17) is 0 Å². The number of amides is 2. The maximum atomic E-state index is 12.8. The molecule has 0 saturated carbocycles. The molecule has 0 aliphatic carbocycles. The monoisotopic (exact) mass is 426 g/mol. The maximum Gasteiger partial charge on any atom is 0.273 e. The largest absolute Gasteiger partial charge is 0.355 e. The van der Waals surface area contributed by atoms with Crippen molar-refractivity contribution >= 4 is 34.1 Å². The van der Waals surface area contributed by atoms with E-state index in [2.05, 4.69) is 21.5 Å². The summed E-state index contributed by atoms with van der Waals surface area (Å²) in [5.74, 6) is -1.51. The molecular weight excluding hydrogens is 400 g/mol. The second-order valence-electron chi connectivity index (χ2n) is 7.64. The van der Waals surface area contributed by atoms with Gasteiger partial charge in [-0.1, -0.05) is 49.1 Å². The lowest BCUT2D eigenvalue weighted by molar-refractivity contribution is -0.124. The Bertz CT molecular complexity index is 1210. The van der Waals surface area contributed by atoms with Crippen molar-refractivity contribution in [2.24, 2.45) is 4.99 Å². The van der Waals surface area contributed by atoms with Crippen molar-refractivity contribution in [3.8, 4) is 0 Å². The molecule has 32 heavy (non-hydrogen) atoms. The highest BCUT2D eigenvalue weighted by molar-refractivity contribution is 6.52. The van der Waals surface area contributed by atoms with Gasteiger partial charge in [0.2, 0.25) is 5.91 Å². The van der Waals surface area contributed by atoms with E-state index in [0.29, 0.717) is 5.69 Å². The molecular formula is C26H26N4O2. The van der Waals surface area contributed by atoms with E-state index in [1.54, 1.807) is 6.20 Å². The molecule has 1 N–H and O–H groups in total. The van der Waals surface area contributed by atoms with Crippen molar-refractivity contribution in [1.29, 1.82) is 0 Å². The van der Waals surface area contributed by atoms with E-state index in [9.17, 15) is 9.59 Å². The van der Waals surface area contributed by atoms with Crippen LogP contribution in [0.3, 0.4) is 0 Å². The Hall–Kier alpha value is -3.93. The molecule has 0 radical (unpaired) electrons. The number of aliphatic imine (C=N–C) groups is 1. The van der Waals surface area contributed by atoms with Crippen LogP contribution in [0.1, 0.15) is 24.8 Å². The summed E-state index contributed by atoms with van der Waals surface area (Å²) in [4.78, 5) is 31.9. The third-order valence-corrected chi connectivity index (χ3v) is 5.53. The summed E-state index contributed by atoms with van der Waals surface area (Å²) in [6, 6.07) is 17.2. The van der Waals surface area contributed by atoms with Crippen molar-refractivity contribution in [1.82, 2.24) is 14.8 Å². The number of carbonyl (C=O) groups is 2. The zero-order valence-electron chi connectivity index (χ0n) is 18.1. The summed E-state index contributed by atoms with van der Waals surface area (Å²) in [5, 5.41) is 3.40. The van der Waals surface area contributed by atoms with Crippen LogP contribution < -0.4 is 5.32 Å². The lowest BCUT2D eigenvalue weighted by Crippen LogP contribution is -2.22. The van der Waals surface area contributed by atoms with Gasteiger partial charge in [0.15, 0.2) is 0 Å². The number of fused-ring (bicyclic) bond motifs is 1. The standard InChI is InChI=1S/C26H26N4O2/c1-3-15-29(4-2)16-10-17-30-18-21(20-13-8-9-14-22(20)30)23-24(26(32)28-25(23)31)27-19-11-6-5-7-12-19/h3-9,11-15,18,23H,2,10,16-17H2,1H3,(H,28,31,32). The van der Waals surface area contributed by atoms with Gasteiger partial charge in [-0.3, -0.25) is 14.9 Å². The third kappa shape index (κ3) is 4.25. The molecule has 0 spiro atoms. The van der Waals surface area contributed by atoms with Crippen LogP contribution in [0.15, 0.2) is 90.8 Å². The fourth-order valence-corrected chi connectivity index (χ4v) is 4.08. The molecule has 162 valence electrons. The first-order valence-corrected chi connectivity index (χ1v) is 10.7. The van der Waals surface area contributed by atoms with Crippen LogP contribution >= 0.6 is 0 Å². The zero-order valence-corrected chi connectivity index (χ0v) is 18.1. The Morgan fingerprint density at radius 3 is 2.62 bits per heavy atom. The molecule has 1 unspecified atom stereocenters. The van der Waals surface area contributed by atoms with Crippen molar-refractivity contribution in [3.05, 3.63) is 91.4 Å².